The van der Waals surface area contributed by atoms with Gasteiger partial charge in [0.2, 0.25) is 0 Å². The monoisotopic (exact) mass is 236 g/mol. The van der Waals surface area contributed by atoms with E-state index in [9.17, 15) is 13.9 Å². The summed E-state index contributed by atoms with van der Waals surface area (Å²) in [6.45, 7) is 0. The summed E-state index contributed by atoms with van der Waals surface area (Å²) in [5, 5.41) is 9.22. The van der Waals surface area contributed by atoms with Crippen molar-refractivity contribution in [3.8, 4) is 22.6 Å². The van der Waals surface area contributed by atoms with Crippen LogP contribution in [0.15, 0.2) is 36.4 Å². The van der Waals surface area contributed by atoms with Gasteiger partial charge in [-0.3, -0.25) is 0 Å². The van der Waals surface area contributed by atoms with Gasteiger partial charge in [0, 0.05) is 0 Å². The highest BCUT2D eigenvalue weighted by molar-refractivity contribution is 5.66. The Hall–Kier alpha value is -2.10. The van der Waals surface area contributed by atoms with Crippen LogP contribution in [0.3, 0.4) is 0 Å². The highest BCUT2D eigenvalue weighted by atomic mass is 19.2. The Kier molecular flexibility index (Phi) is 2.95. The molecule has 0 aliphatic rings. The lowest BCUT2D eigenvalue weighted by Gasteiger charge is -2.06. The molecule has 0 aliphatic carbocycles. The quantitative estimate of drug-likeness (QED) is 0.866. The first-order chi connectivity index (χ1) is 8.11. The fraction of sp³-hybridized carbons (Fsp3) is 0.0769. The molecule has 1 N–H and O–H groups in total. The smallest absolute Gasteiger partial charge is 0.200 e. The maximum atomic E-state index is 13.1. The van der Waals surface area contributed by atoms with Crippen molar-refractivity contribution < 1.29 is 18.6 Å². The van der Waals surface area contributed by atoms with Gasteiger partial charge in [-0.25, -0.2) is 4.39 Å². The van der Waals surface area contributed by atoms with Crippen molar-refractivity contribution in [2.45, 2.75) is 0 Å². The molecule has 0 radical (unpaired) electrons. The lowest BCUT2D eigenvalue weighted by Crippen LogP contribution is -1.88. The second-order valence-corrected chi connectivity index (χ2v) is 3.52. The van der Waals surface area contributed by atoms with E-state index in [0.717, 1.165) is 6.07 Å². The Bertz CT molecular complexity index is 530. The van der Waals surface area contributed by atoms with Crippen molar-refractivity contribution in [3.05, 3.63) is 48.0 Å². The lowest BCUT2D eigenvalue weighted by atomic mass is 10.0. The van der Waals surface area contributed by atoms with Crippen LogP contribution in [0.2, 0.25) is 0 Å². The Morgan fingerprint density at radius 1 is 1.06 bits per heavy atom. The Labute approximate surface area is 97.1 Å². The third-order valence-electron chi connectivity index (χ3n) is 2.41. The molecule has 0 fully saturated rings. The van der Waals surface area contributed by atoms with Crippen LogP contribution in [0.25, 0.3) is 11.1 Å². The fourth-order valence-electron chi connectivity index (χ4n) is 1.54. The van der Waals surface area contributed by atoms with Gasteiger partial charge in [-0.2, -0.15) is 4.39 Å². The SMILES string of the molecule is COc1cccc(-c2cc(O)c(F)c(F)c2)c1. The van der Waals surface area contributed by atoms with E-state index in [1.54, 1.807) is 24.3 Å². The molecule has 0 saturated carbocycles. The molecule has 0 atom stereocenters. The van der Waals surface area contributed by atoms with Crippen LogP contribution in [0.4, 0.5) is 8.78 Å². The number of hydrogen-bond donors (Lipinski definition) is 1. The van der Waals surface area contributed by atoms with Gasteiger partial charge in [0.15, 0.2) is 17.4 Å². The van der Waals surface area contributed by atoms with Crippen molar-refractivity contribution in [1.82, 2.24) is 0 Å². The number of halogens is 2. The molecule has 0 aromatic heterocycles. The number of methoxy groups -OCH3 is 1. The summed E-state index contributed by atoms with van der Waals surface area (Å²) in [6.07, 6.45) is 0. The summed E-state index contributed by atoms with van der Waals surface area (Å²) in [6, 6.07) is 9.06. The topological polar surface area (TPSA) is 29.5 Å². The van der Waals surface area contributed by atoms with E-state index in [-0.39, 0.29) is 0 Å². The van der Waals surface area contributed by atoms with E-state index in [0.29, 0.717) is 16.9 Å². The zero-order chi connectivity index (χ0) is 12.4. The molecule has 4 heteroatoms. The molecule has 0 unspecified atom stereocenters. The first-order valence-electron chi connectivity index (χ1n) is 4.94. The van der Waals surface area contributed by atoms with Crippen LogP contribution in [-0.2, 0) is 0 Å². The minimum atomic E-state index is -1.24. The third kappa shape index (κ3) is 2.20. The molecule has 88 valence electrons. The van der Waals surface area contributed by atoms with Crippen molar-refractivity contribution in [2.75, 3.05) is 7.11 Å². The summed E-state index contributed by atoms with van der Waals surface area (Å²) in [7, 11) is 1.52. The molecule has 0 saturated heterocycles. The van der Waals surface area contributed by atoms with Gasteiger partial charge >= 0.3 is 0 Å². The molecule has 2 rings (SSSR count). The highest BCUT2D eigenvalue weighted by Gasteiger charge is 2.11. The van der Waals surface area contributed by atoms with Crippen LogP contribution in [0.1, 0.15) is 0 Å². The molecule has 17 heavy (non-hydrogen) atoms. The minimum Gasteiger partial charge on any atom is -0.505 e. The van der Waals surface area contributed by atoms with Crippen LogP contribution in [0, 0.1) is 11.6 Å². The first-order valence-corrected chi connectivity index (χ1v) is 4.94. The van der Waals surface area contributed by atoms with Crippen LogP contribution >= 0.6 is 0 Å². The standard InChI is InChI=1S/C13H10F2O2/c1-17-10-4-2-3-8(5-10)9-6-11(14)13(15)12(16)7-9/h2-7,16H,1H3. The van der Waals surface area contributed by atoms with Gasteiger partial charge in [-0.1, -0.05) is 12.1 Å². The van der Waals surface area contributed by atoms with Crippen molar-refractivity contribution in [1.29, 1.82) is 0 Å². The zero-order valence-electron chi connectivity index (χ0n) is 9.08. The summed E-state index contributed by atoms with van der Waals surface area (Å²) in [5.74, 6) is -2.42. The molecule has 0 amide bonds. The van der Waals surface area contributed by atoms with E-state index in [4.69, 9.17) is 4.74 Å². The van der Waals surface area contributed by atoms with Gasteiger partial charge in [0.25, 0.3) is 0 Å². The summed E-state index contributed by atoms with van der Waals surface area (Å²) < 4.78 is 31.1. The summed E-state index contributed by atoms with van der Waals surface area (Å²) >= 11 is 0. The third-order valence-corrected chi connectivity index (χ3v) is 2.41. The highest BCUT2D eigenvalue weighted by Crippen LogP contribution is 2.29. The average Bonchev–Trinajstić information content (AvgIpc) is 2.35. The number of phenols is 1. The molecule has 2 aromatic carbocycles. The lowest BCUT2D eigenvalue weighted by molar-refractivity contribution is 0.407. The molecular weight excluding hydrogens is 226 g/mol. The Balaban J connectivity index is 2.52. The first kappa shape index (κ1) is 11.4. The van der Waals surface area contributed by atoms with Crippen LogP contribution in [-0.4, -0.2) is 12.2 Å². The van der Waals surface area contributed by atoms with Gasteiger partial charge in [-0.15, -0.1) is 0 Å². The summed E-state index contributed by atoms with van der Waals surface area (Å²) in [4.78, 5) is 0. The second kappa shape index (κ2) is 4.41. The molecule has 0 spiro atoms. The molecule has 2 nitrogen and oxygen atoms in total. The minimum absolute atomic E-state index is 0.389. The van der Waals surface area contributed by atoms with E-state index < -0.39 is 17.4 Å². The second-order valence-electron chi connectivity index (χ2n) is 3.52. The van der Waals surface area contributed by atoms with Crippen molar-refractivity contribution in [2.24, 2.45) is 0 Å². The van der Waals surface area contributed by atoms with Gasteiger partial charge in [-0.05, 0) is 35.4 Å². The van der Waals surface area contributed by atoms with Gasteiger partial charge in [0.05, 0.1) is 7.11 Å². The number of aromatic hydroxyl groups is 1. The summed E-state index contributed by atoms with van der Waals surface area (Å²) in [5.41, 5.74) is 1.03. The number of hydrogen-bond acceptors (Lipinski definition) is 2. The largest absolute Gasteiger partial charge is 0.505 e. The van der Waals surface area contributed by atoms with Gasteiger partial charge in [0.1, 0.15) is 5.75 Å². The maximum absolute atomic E-state index is 13.1. The van der Waals surface area contributed by atoms with Crippen molar-refractivity contribution >= 4 is 0 Å². The predicted octanol–water partition coefficient (Wildman–Crippen LogP) is 3.35. The number of phenolic OH excluding ortho intramolecular Hbond substituents is 1. The Morgan fingerprint density at radius 3 is 2.47 bits per heavy atom. The maximum Gasteiger partial charge on any atom is 0.200 e. The van der Waals surface area contributed by atoms with Gasteiger partial charge < -0.3 is 9.84 Å². The van der Waals surface area contributed by atoms with E-state index in [2.05, 4.69) is 0 Å². The number of ether oxygens (including phenoxy) is 1. The van der Waals surface area contributed by atoms with Crippen LogP contribution in [0.5, 0.6) is 11.5 Å². The zero-order valence-corrected chi connectivity index (χ0v) is 9.08. The molecular formula is C13H10F2O2. The number of benzene rings is 2. The fourth-order valence-corrected chi connectivity index (χ4v) is 1.54. The molecule has 0 bridgehead atoms. The average molecular weight is 236 g/mol. The Morgan fingerprint density at radius 2 is 1.82 bits per heavy atom. The number of rotatable bonds is 2. The molecule has 0 heterocycles. The predicted molar refractivity (Wildman–Crippen MR) is 60.0 cm³/mol. The van der Waals surface area contributed by atoms with Crippen LogP contribution < -0.4 is 4.74 Å². The molecule has 0 aliphatic heterocycles. The van der Waals surface area contributed by atoms with E-state index in [1.165, 1.54) is 13.2 Å². The van der Waals surface area contributed by atoms with Crippen molar-refractivity contribution in [3.63, 3.8) is 0 Å². The normalized spacial score (nSPS) is 10.3. The van der Waals surface area contributed by atoms with E-state index in [1.807, 2.05) is 0 Å². The van der Waals surface area contributed by atoms with E-state index >= 15 is 0 Å². The molecule has 2 aromatic rings.